The lowest BCUT2D eigenvalue weighted by molar-refractivity contribution is 0.516. The molecule has 0 aliphatic heterocycles. The molecule has 71 valence electrons. The quantitative estimate of drug-likeness (QED) is 0.666. The molecule has 0 heterocycles. The van der Waals surface area contributed by atoms with Crippen molar-refractivity contribution in [3.8, 4) is 0 Å². The zero-order chi connectivity index (χ0) is 9.84. The second kappa shape index (κ2) is 4.40. The van der Waals surface area contributed by atoms with Gasteiger partial charge < -0.3 is 0 Å². The van der Waals surface area contributed by atoms with Crippen LogP contribution in [0.2, 0.25) is 0 Å². The first-order valence-electron chi connectivity index (χ1n) is 4.67. The Morgan fingerprint density at radius 1 is 1.38 bits per heavy atom. The summed E-state index contributed by atoms with van der Waals surface area (Å²) in [6, 6.07) is 6.15. The Morgan fingerprint density at radius 3 is 2.54 bits per heavy atom. The monoisotopic (exact) mass is 179 g/mol. The summed E-state index contributed by atoms with van der Waals surface area (Å²) >= 11 is 0. The van der Waals surface area contributed by atoms with Crippen molar-refractivity contribution >= 4 is 0 Å². The van der Waals surface area contributed by atoms with E-state index in [1.165, 1.54) is 11.1 Å². The van der Waals surface area contributed by atoms with Gasteiger partial charge in [-0.05, 0) is 30.0 Å². The van der Waals surface area contributed by atoms with Gasteiger partial charge in [0, 0.05) is 5.92 Å². The number of aryl methyl sites for hydroxylation is 2. The van der Waals surface area contributed by atoms with Crippen LogP contribution in [0.25, 0.3) is 0 Å². The van der Waals surface area contributed by atoms with Gasteiger partial charge in [-0.15, -0.1) is 0 Å². The molecule has 0 aromatic heterocycles. The van der Waals surface area contributed by atoms with Gasteiger partial charge in [0.05, 0.1) is 6.67 Å². The third-order valence-electron chi connectivity index (χ3n) is 2.42. The molecule has 13 heavy (non-hydrogen) atoms. The van der Waals surface area contributed by atoms with Gasteiger partial charge in [-0.2, -0.15) is 0 Å². The molecule has 0 saturated heterocycles. The van der Waals surface area contributed by atoms with Crippen LogP contribution in [0.5, 0.6) is 0 Å². The second-order valence-corrected chi connectivity index (χ2v) is 3.41. The second-order valence-electron chi connectivity index (χ2n) is 3.41. The molecule has 1 heteroatoms. The highest BCUT2D eigenvalue weighted by molar-refractivity contribution is 5.37. The highest BCUT2D eigenvalue weighted by Crippen LogP contribution is 2.18. The van der Waals surface area contributed by atoms with E-state index in [0.717, 1.165) is 17.9 Å². The maximum absolute atomic E-state index is 12.3. The molecule has 1 aromatic carbocycles. The van der Waals surface area contributed by atoms with Crippen molar-refractivity contribution < 1.29 is 4.39 Å². The molecule has 0 aliphatic rings. The molecular formula is C12H16F. The molecule has 0 amide bonds. The summed E-state index contributed by atoms with van der Waals surface area (Å²) in [7, 11) is 0. The van der Waals surface area contributed by atoms with Gasteiger partial charge in [0.1, 0.15) is 0 Å². The Hall–Kier alpha value is -0.850. The van der Waals surface area contributed by atoms with E-state index in [0.29, 0.717) is 0 Å². The van der Waals surface area contributed by atoms with Crippen molar-refractivity contribution in [1.29, 1.82) is 0 Å². The van der Waals surface area contributed by atoms with Crippen molar-refractivity contribution in [2.24, 2.45) is 0 Å². The molecule has 0 unspecified atom stereocenters. The summed E-state index contributed by atoms with van der Waals surface area (Å²) in [6.45, 7) is 5.69. The Kier molecular flexibility index (Phi) is 3.47. The van der Waals surface area contributed by atoms with Crippen LogP contribution in [-0.2, 0) is 6.42 Å². The van der Waals surface area contributed by atoms with E-state index in [9.17, 15) is 4.39 Å². The zero-order valence-corrected chi connectivity index (χ0v) is 8.52. The molecule has 0 atom stereocenters. The van der Waals surface area contributed by atoms with Crippen LogP contribution >= 0.6 is 0 Å². The normalized spacial score (nSPS) is 10.8. The van der Waals surface area contributed by atoms with E-state index < -0.39 is 0 Å². The number of hydrogen-bond donors (Lipinski definition) is 0. The van der Waals surface area contributed by atoms with E-state index in [1.54, 1.807) is 0 Å². The third kappa shape index (κ3) is 2.30. The standard InChI is InChI=1S/C12H16F/c1-4-11-5-6-12(7-9(11)2)10(3)8-13/h5-7H,4,8H2,1-3H3. The van der Waals surface area contributed by atoms with Crippen LogP contribution in [0.3, 0.4) is 0 Å². The van der Waals surface area contributed by atoms with Crippen molar-refractivity contribution in [1.82, 2.24) is 0 Å². The van der Waals surface area contributed by atoms with Crippen LogP contribution in [0.4, 0.5) is 4.39 Å². The van der Waals surface area contributed by atoms with Gasteiger partial charge in [0.2, 0.25) is 0 Å². The Balaban J connectivity index is 2.95. The van der Waals surface area contributed by atoms with Gasteiger partial charge in [0.25, 0.3) is 0 Å². The lowest BCUT2D eigenvalue weighted by Gasteiger charge is -2.09. The number of halogens is 1. The fraction of sp³-hybridized carbons (Fsp3) is 0.417. The average Bonchev–Trinajstić information content (AvgIpc) is 2.16. The van der Waals surface area contributed by atoms with E-state index >= 15 is 0 Å². The molecule has 1 radical (unpaired) electrons. The Labute approximate surface area is 79.8 Å². The lowest BCUT2D eigenvalue weighted by atomic mass is 9.97. The van der Waals surface area contributed by atoms with Gasteiger partial charge in [0.15, 0.2) is 0 Å². The zero-order valence-electron chi connectivity index (χ0n) is 8.52. The Bertz CT molecular complexity index is 278. The molecule has 0 fully saturated rings. The number of hydrogen-bond acceptors (Lipinski definition) is 0. The van der Waals surface area contributed by atoms with Gasteiger partial charge in [-0.1, -0.05) is 32.0 Å². The van der Waals surface area contributed by atoms with Gasteiger partial charge >= 0.3 is 0 Å². The topological polar surface area (TPSA) is 0 Å². The van der Waals surface area contributed by atoms with Gasteiger partial charge in [-0.3, -0.25) is 4.39 Å². The van der Waals surface area contributed by atoms with Crippen LogP contribution < -0.4 is 0 Å². The predicted molar refractivity (Wildman–Crippen MR) is 54.6 cm³/mol. The fourth-order valence-electron chi connectivity index (χ4n) is 1.44. The molecular weight excluding hydrogens is 163 g/mol. The van der Waals surface area contributed by atoms with Crippen LogP contribution in [0.1, 0.15) is 30.5 Å². The third-order valence-corrected chi connectivity index (χ3v) is 2.42. The summed E-state index contributed by atoms with van der Waals surface area (Å²) in [6.07, 6.45) is 1.04. The molecule has 0 bridgehead atoms. The summed E-state index contributed by atoms with van der Waals surface area (Å²) in [5, 5.41) is 0. The first-order chi connectivity index (χ1) is 6.19. The highest BCUT2D eigenvalue weighted by Gasteiger charge is 2.06. The summed E-state index contributed by atoms with van der Waals surface area (Å²) in [5.41, 5.74) is 3.63. The maximum atomic E-state index is 12.3. The molecule has 1 aromatic rings. The molecule has 0 aliphatic carbocycles. The Morgan fingerprint density at radius 2 is 2.08 bits per heavy atom. The van der Waals surface area contributed by atoms with Crippen molar-refractivity contribution in [2.45, 2.75) is 27.2 Å². The highest BCUT2D eigenvalue weighted by atomic mass is 19.1. The number of benzene rings is 1. The molecule has 0 saturated carbocycles. The van der Waals surface area contributed by atoms with Crippen LogP contribution in [-0.4, -0.2) is 6.67 Å². The van der Waals surface area contributed by atoms with Crippen LogP contribution in [0.15, 0.2) is 18.2 Å². The largest absolute Gasteiger partial charge is 0.250 e. The first-order valence-corrected chi connectivity index (χ1v) is 4.67. The predicted octanol–water partition coefficient (Wildman–Crippen LogP) is 3.47. The van der Waals surface area contributed by atoms with Crippen LogP contribution in [0, 0.1) is 12.8 Å². The minimum absolute atomic E-state index is 0.356. The van der Waals surface area contributed by atoms with Crippen molar-refractivity contribution in [3.05, 3.63) is 40.8 Å². The summed E-state index contributed by atoms with van der Waals surface area (Å²) < 4.78 is 12.3. The molecule has 0 spiro atoms. The summed E-state index contributed by atoms with van der Waals surface area (Å²) in [4.78, 5) is 0. The van der Waals surface area contributed by atoms with Crippen molar-refractivity contribution in [3.63, 3.8) is 0 Å². The molecule has 1 rings (SSSR count). The van der Waals surface area contributed by atoms with E-state index in [4.69, 9.17) is 0 Å². The fourth-order valence-corrected chi connectivity index (χ4v) is 1.44. The smallest absolute Gasteiger partial charge is 0.0997 e. The molecule has 0 N–H and O–H groups in total. The van der Waals surface area contributed by atoms with E-state index in [2.05, 4.69) is 26.0 Å². The van der Waals surface area contributed by atoms with Gasteiger partial charge in [-0.25, -0.2) is 0 Å². The number of rotatable bonds is 3. The maximum Gasteiger partial charge on any atom is 0.0997 e. The summed E-state index contributed by atoms with van der Waals surface area (Å²) in [5.74, 6) is 0.811. The van der Waals surface area contributed by atoms with Crippen molar-refractivity contribution in [2.75, 3.05) is 6.67 Å². The SMILES string of the molecule is CCc1ccc([C](C)CF)cc1C. The lowest BCUT2D eigenvalue weighted by Crippen LogP contribution is -1.98. The minimum atomic E-state index is -0.356. The number of alkyl halides is 1. The average molecular weight is 179 g/mol. The van der Waals surface area contributed by atoms with E-state index in [-0.39, 0.29) is 6.67 Å². The van der Waals surface area contributed by atoms with E-state index in [1.807, 2.05) is 13.0 Å². The molecule has 0 nitrogen and oxygen atoms in total. The first kappa shape index (κ1) is 10.2. The minimum Gasteiger partial charge on any atom is -0.250 e.